The van der Waals surface area contributed by atoms with Gasteiger partial charge in [0.25, 0.3) is 0 Å². The zero-order valence-electron chi connectivity index (χ0n) is 26.7. The van der Waals surface area contributed by atoms with Gasteiger partial charge < -0.3 is 25.3 Å². The Morgan fingerprint density at radius 1 is 0.933 bits per heavy atom. The molecule has 5 fully saturated rings. The Morgan fingerprint density at radius 3 is 2.33 bits per heavy atom. The molecule has 7 rings (SSSR count). The van der Waals surface area contributed by atoms with Crippen molar-refractivity contribution in [3.05, 3.63) is 41.1 Å². The maximum atomic E-state index is 13.8. The van der Waals surface area contributed by atoms with Crippen LogP contribution >= 0.6 is 0 Å². The number of nitrogens with zero attached hydrogens (tertiary/aromatic N) is 5. The highest BCUT2D eigenvalue weighted by molar-refractivity contribution is 5.80. The lowest BCUT2D eigenvalue weighted by molar-refractivity contribution is -0.146. The molecule has 8 nitrogen and oxygen atoms in total. The molecule has 1 aliphatic carbocycles. The van der Waals surface area contributed by atoms with Gasteiger partial charge in [0.1, 0.15) is 11.4 Å². The number of piperidine rings is 4. The van der Waals surface area contributed by atoms with E-state index in [4.69, 9.17) is 0 Å². The molecule has 246 valence electrons. The maximum absolute atomic E-state index is 13.8. The first-order valence-corrected chi connectivity index (χ1v) is 17.0. The molecule has 1 saturated carbocycles. The van der Waals surface area contributed by atoms with Gasteiger partial charge in [0, 0.05) is 43.0 Å². The molecule has 1 amide bonds. The van der Waals surface area contributed by atoms with Crippen molar-refractivity contribution in [2.75, 3.05) is 56.9 Å². The normalized spacial score (nSPS) is 23.9. The second-order valence-electron chi connectivity index (χ2n) is 13.5. The summed E-state index contributed by atoms with van der Waals surface area (Å²) in [6.45, 7) is 7.55. The number of benzene rings is 1. The number of amides is 1. The smallest absolute Gasteiger partial charge is 0.369 e. The van der Waals surface area contributed by atoms with Crippen LogP contribution in [-0.4, -0.2) is 89.0 Å². The summed E-state index contributed by atoms with van der Waals surface area (Å²) >= 11 is 0. The fraction of sp³-hybridized carbons (Fsp3) is 0.676. The molecule has 5 aliphatic rings. The summed E-state index contributed by atoms with van der Waals surface area (Å²) in [5, 5.41) is 6.10. The third-order valence-corrected chi connectivity index (χ3v) is 10.7. The highest BCUT2D eigenvalue weighted by atomic mass is 19.4. The van der Waals surface area contributed by atoms with Crippen LogP contribution in [0.5, 0.6) is 0 Å². The average molecular weight is 628 g/mol. The van der Waals surface area contributed by atoms with Gasteiger partial charge in [-0.05, 0) is 121 Å². The standard InChI is InChI=1S/C34H48F3N7O/c1-3-23-21-26(24-11-19-43(20-12-24)27-13-17-42(2)18-14-27)7-10-30(23)40-33-39-22-29(34(35,36)37)31(41-33)38-15-4-16-44-28-8-5-25(6-9-28)32(44)45/h7,10,21-22,24-25,27-28H,3-6,8-9,11-20H2,1-2H3,(H2,38,39,40,41). The summed E-state index contributed by atoms with van der Waals surface area (Å²) < 4.78 is 41.5. The van der Waals surface area contributed by atoms with Crippen molar-refractivity contribution in [2.24, 2.45) is 5.92 Å². The first kappa shape index (κ1) is 32.0. The van der Waals surface area contributed by atoms with Crippen molar-refractivity contribution < 1.29 is 18.0 Å². The number of fused-ring (bicyclic) bond motifs is 3. The summed E-state index contributed by atoms with van der Waals surface area (Å²) in [5.41, 5.74) is 2.36. The quantitative estimate of drug-likeness (QED) is 0.301. The number of halogens is 3. The van der Waals surface area contributed by atoms with Gasteiger partial charge in [-0.1, -0.05) is 19.1 Å². The van der Waals surface area contributed by atoms with Gasteiger partial charge in [-0.2, -0.15) is 18.2 Å². The van der Waals surface area contributed by atoms with Gasteiger partial charge in [-0.3, -0.25) is 4.79 Å². The van der Waals surface area contributed by atoms with Crippen LogP contribution in [0.2, 0.25) is 0 Å². The zero-order valence-corrected chi connectivity index (χ0v) is 26.7. The molecule has 1 aromatic carbocycles. The number of carbonyl (C=O) groups is 1. The Hall–Kier alpha value is -2.92. The third kappa shape index (κ3) is 7.40. The minimum atomic E-state index is -4.58. The summed E-state index contributed by atoms with van der Waals surface area (Å²) in [6, 6.07) is 7.40. The molecule has 4 aliphatic heterocycles. The minimum Gasteiger partial charge on any atom is -0.369 e. The van der Waals surface area contributed by atoms with E-state index in [1.54, 1.807) is 0 Å². The van der Waals surface area contributed by atoms with Crippen molar-refractivity contribution in [1.82, 2.24) is 24.7 Å². The van der Waals surface area contributed by atoms with Crippen LogP contribution in [0.1, 0.15) is 87.3 Å². The first-order valence-electron chi connectivity index (χ1n) is 17.0. The average Bonchev–Trinajstić information content (AvgIpc) is 3.04. The zero-order chi connectivity index (χ0) is 31.6. The van der Waals surface area contributed by atoms with Crippen LogP contribution in [0.15, 0.2) is 24.4 Å². The monoisotopic (exact) mass is 627 g/mol. The van der Waals surface area contributed by atoms with Crippen LogP contribution in [-0.2, 0) is 17.4 Å². The van der Waals surface area contributed by atoms with E-state index in [9.17, 15) is 18.0 Å². The highest BCUT2D eigenvalue weighted by Gasteiger charge is 2.40. The van der Waals surface area contributed by atoms with Gasteiger partial charge in [-0.15, -0.1) is 0 Å². The number of hydrogen-bond donors (Lipinski definition) is 2. The van der Waals surface area contributed by atoms with Crippen LogP contribution < -0.4 is 10.6 Å². The summed E-state index contributed by atoms with van der Waals surface area (Å²) in [5.74, 6) is 0.734. The Labute approximate surface area is 265 Å². The van der Waals surface area contributed by atoms with E-state index in [0.717, 1.165) is 75.5 Å². The van der Waals surface area contributed by atoms with E-state index >= 15 is 0 Å². The van der Waals surface area contributed by atoms with Gasteiger partial charge in [0.05, 0.1) is 0 Å². The Balaban J connectivity index is 1.08. The Morgan fingerprint density at radius 2 is 1.67 bits per heavy atom. The molecule has 2 aromatic rings. The van der Waals surface area contributed by atoms with Crippen LogP contribution in [0.25, 0.3) is 0 Å². The fourth-order valence-electron chi connectivity index (χ4n) is 7.94. The van der Waals surface area contributed by atoms with Crippen molar-refractivity contribution in [2.45, 2.75) is 95.3 Å². The van der Waals surface area contributed by atoms with E-state index < -0.39 is 11.7 Å². The summed E-state index contributed by atoms with van der Waals surface area (Å²) in [6.07, 6.45) is 6.39. The van der Waals surface area contributed by atoms with E-state index in [1.165, 1.54) is 31.5 Å². The predicted octanol–water partition coefficient (Wildman–Crippen LogP) is 6.28. The Kier molecular flexibility index (Phi) is 9.85. The van der Waals surface area contributed by atoms with Gasteiger partial charge in [0.2, 0.25) is 11.9 Å². The van der Waals surface area contributed by atoms with Crippen molar-refractivity contribution in [1.29, 1.82) is 0 Å². The molecule has 0 unspecified atom stereocenters. The minimum absolute atomic E-state index is 0.124. The lowest BCUT2D eigenvalue weighted by atomic mass is 9.79. The number of rotatable bonds is 10. The van der Waals surface area contributed by atoms with Gasteiger partial charge in [-0.25, -0.2) is 4.98 Å². The number of nitrogens with one attached hydrogen (secondary N) is 2. The molecule has 0 radical (unpaired) electrons. The number of aryl methyl sites for hydroxylation is 1. The second-order valence-corrected chi connectivity index (χ2v) is 13.5. The molecule has 45 heavy (non-hydrogen) atoms. The van der Waals surface area contributed by atoms with Crippen molar-refractivity contribution >= 4 is 23.4 Å². The van der Waals surface area contributed by atoms with E-state index in [0.29, 0.717) is 24.9 Å². The van der Waals surface area contributed by atoms with E-state index in [2.05, 4.69) is 56.5 Å². The van der Waals surface area contributed by atoms with Gasteiger partial charge >= 0.3 is 6.18 Å². The largest absolute Gasteiger partial charge is 0.421 e. The molecule has 1 aromatic heterocycles. The summed E-state index contributed by atoms with van der Waals surface area (Å²) in [4.78, 5) is 28.0. The molecule has 2 N–H and O–H groups in total. The third-order valence-electron chi connectivity index (χ3n) is 10.7. The van der Waals surface area contributed by atoms with Crippen LogP contribution in [0.3, 0.4) is 0 Å². The molecule has 11 heteroatoms. The number of carbonyl (C=O) groups excluding carboxylic acids is 1. The number of alkyl halides is 3. The lowest BCUT2D eigenvalue weighted by Gasteiger charge is -2.44. The summed E-state index contributed by atoms with van der Waals surface area (Å²) in [7, 11) is 2.21. The predicted molar refractivity (Wildman–Crippen MR) is 171 cm³/mol. The number of likely N-dealkylation sites (tertiary alicyclic amines) is 2. The van der Waals surface area contributed by atoms with Crippen LogP contribution in [0.4, 0.5) is 30.6 Å². The van der Waals surface area contributed by atoms with E-state index in [1.807, 2.05) is 11.0 Å². The number of anilines is 3. The second kappa shape index (κ2) is 13.8. The molecular formula is C34H48F3N7O. The van der Waals surface area contributed by atoms with Crippen molar-refractivity contribution in [3.8, 4) is 0 Å². The molecule has 0 atom stereocenters. The molecule has 2 bridgehead atoms. The maximum Gasteiger partial charge on any atom is 0.421 e. The SMILES string of the molecule is CCc1cc(C2CCN(C3CCN(C)CC3)CC2)ccc1Nc1ncc(C(F)(F)F)c(NCCCN2C(=O)C3CCC2CC3)n1. The fourth-order valence-corrected chi connectivity index (χ4v) is 7.94. The molecular weight excluding hydrogens is 579 g/mol. The topological polar surface area (TPSA) is 76.6 Å². The molecule has 0 spiro atoms. The number of hydrogen-bond acceptors (Lipinski definition) is 7. The van der Waals surface area contributed by atoms with E-state index in [-0.39, 0.29) is 36.2 Å². The Bertz CT molecular complexity index is 1310. The van der Waals surface area contributed by atoms with Gasteiger partial charge in [0.15, 0.2) is 0 Å². The molecule has 5 heterocycles. The first-order chi connectivity index (χ1) is 21.7. The lowest BCUT2D eigenvalue weighted by Crippen LogP contribution is -2.52. The van der Waals surface area contributed by atoms with Crippen LogP contribution in [0, 0.1) is 5.92 Å². The molecule has 4 saturated heterocycles. The number of aromatic nitrogens is 2. The highest BCUT2D eigenvalue weighted by Crippen LogP contribution is 2.37. The van der Waals surface area contributed by atoms with Crippen molar-refractivity contribution in [3.63, 3.8) is 0 Å².